The monoisotopic (exact) mass is 482 g/mol. The summed E-state index contributed by atoms with van der Waals surface area (Å²) >= 11 is 0. The molecule has 4 fully saturated rings. The Balaban J connectivity index is 1.67. The third-order valence-electron chi connectivity index (χ3n) is 11.1. The highest BCUT2D eigenvalue weighted by atomic mass is 16.4. The lowest BCUT2D eigenvalue weighted by atomic mass is 9.40. The van der Waals surface area contributed by atoms with E-state index in [4.69, 9.17) is 0 Å². The number of rotatable bonds is 5. The standard InChI is InChI=1S/C27H46O7/c1-15(14-28)6-5-7-16(2)17-12-21(31)27(34)25(17,4)11-9-20-24(3)10-8-18(29)23(32)22(24)19(30)13-26(20,27)33/h6,16-23,28-34H,5,7-14H2,1-4H3. The normalized spacial score (nSPS) is 54.2. The van der Waals surface area contributed by atoms with E-state index in [1.54, 1.807) is 0 Å². The van der Waals surface area contributed by atoms with Gasteiger partial charge in [0.1, 0.15) is 11.2 Å². The Bertz CT molecular complexity index is 802. The largest absolute Gasteiger partial charge is 0.393 e. The van der Waals surface area contributed by atoms with E-state index in [9.17, 15) is 35.7 Å². The number of fused-ring (bicyclic) bond motifs is 5. The van der Waals surface area contributed by atoms with Gasteiger partial charge >= 0.3 is 0 Å². The summed E-state index contributed by atoms with van der Waals surface area (Å²) in [6.07, 6.45) is 2.00. The van der Waals surface area contributed by atoms with Crippen molar-refractivity contribution in [1.29, 1.82) is 0 Å². The van der Waals surface area contributed by atoms with Gasteiger partial charge in [0.15, 0.2) is 0 Å². The van der Waals surface area contributed by atoms with Crippen molar-refractivity contribution in [1.82, 2.24) is 0 Å². The molecule has 7 heteroatoms. The number of hydrogen-bond donors (Lipinski definition) is 7. The molecule has 4 rings (SSSR count). The molecule has 0 aromatic heterocycles. The molecule has 7 nitrogen and oxygen atoms in total. The van der Waals surface area contributed by atoms with Crippen LogP contribution >= 0.6 is 0 Å². The average molecular weight is 483 g/mol. The van der Waals surface area contributed by atoms with Gasteiger partial charge in [-0.1, -0.05) is 32.4 Å². The zero-order valence-electron chi connectivity index (χ0n) is 21.2. The number of aliphatic hydroxyl groups is 7. The van der Waals surface area contributed by atoms with E-state index in [0.717, 1.165) is 18.4 Å². The Morgan fingerprint density at radius 1 is 1.03 bits per heavy atom. The first-order valence-electron chi connectivity index (χ1n) is 13.2. The molecule has 34 heavy (non-hydrogen) atoms. The van der Waals surface area contributed by atoms with Gasteiger partial charge in [-0.3, -0.25) is 0 Å². The maximum Gasteiger partial charge on any atom is 0.125 e. The second-order valence-electron chi connectivity index (χ2n) is 12.7. The lowest BCUT2D eigenvalue weighted by Crippen LogP contribution is -2.78. The highest BCUT2D eigenvalue weighted by molar-refractivity contribution is 5.28. The van der Waals surface area contributed by atoms with Crippen molar-refractivity contribution in [2.75, 3.05) is 6.61 Å². The highest BCUT2D eigenvalue weighted by Gasteiger charge is 2.78. The fourth-order valence-electron chi connectivity index (χ4n) is 9.28. The molecule has 7 N–H and O–H groups in total. The molecular formula is C27H46O7. The van der Waals surface area contributed by atoms with Gasteiger partial charge in [-0.25, -0.2) is 0 Å². The van der Waals surface area contributed by atoms with Gasteiger partial charge in [-0.05, 0) is 75.0 Å². The second kappa shape index (κ2) is 8.79. The fraction of sp³-hybridized carbons (Fsp3) is 0.926. The quantitative estimate of drug-likeness (QED) is 0.295. The van der Waals surface area contributed by atoms with E-state index in [-0.39, 0.29) is 24.9 Å². The van der Waals surface area contributed by atoms with Gasteiger partial charge in [-0.15, -0.1) is 0 Å². The number of allylic oxidation sites excluding steroid dienone is 1. The van der Waals surface area contributed by atoms with Gasteiger partial charge in [-0.2, -0.15) is 0 Å². The van der Waals surface area contributed by atoms with Crippen molar-refractivity contribution in [3.05, 3.63) is 11.6 Å². The molecule has 0 aromatic rings. The van der Waals surface area contributed by atoms with Crippen LogP contribution in [0.15, 0.2) is 11.6 Å². The number of hydrogen-bond acceptors (Lipinski definition) is 7. The van der Waals surface area contributed by atoms with Crippen LogP contribution in [0.3, 0.4) is 0 Å². The van der Waals surface area contributed by atoms with Crippen LogP contribution in [0.2, 0.25) is 0 Å². The van der Waals surface area contributed by atoms with Crippen molar-refractivity contribution in [3.63, 3.8) is 0 Å². The summed E-state index contributed by atoms with van der Waals surface area (Å²) in [6.45, 7) is 8.03. The van der Waals surface area contributed by atoms with Crippen LogP contribution in [0.25, 0.3) is 0 Å². The summed E-state index contributed by atoms with van der Waals surface area (Å²) in [5.74, 6) is -0.779. The van der Waals surface area contributed by atoms with Crippen LogP contribution < -0.4 is 0 Å². The molecule has 0 heterocycles. The van der Waals surface area contributed by atoms with Gasteiger partial charge in [0.25, 0.3) is 0 Å². The first kappa shape index (κ1) is 26.5. The maximum atomic E-state index is 12.3. The van der Waals surface area contributed by atoms with E-state index in [0.29, 0.717) is 32.1 Å². The minimum atomic E-state index is -1.77. The molecule has 4 aliphatic rings. The summed E-state index contributed by atoms with van der Waals surface area (Å²) in [6, 6.07) is 0. The van der Waals surface area contributed by atoms with Gasteiger partial charge in [0.2, 0.25) is 0 Å². The molecule has 0 amide bonds. The Morgan fingerprint density at radius 2 is 1.71 bits per heavy atom. The lowest BCUT2D eigenvalue weighted by Gasteiger charge is -2.69. The van der Waals surface area contributed by atoms with Crippen molar-refractivity contribution in [2.45, 2.75) is 115 Å². The van der Waals surface area contributed by atoms with Crippen LogP contribution in [-0.2, 0) is 0 Å². The molecule has 12 atom stereocenters. The molecule has 0 aliphatic heterocycles. The first-order chi connectivity index (χ1) is 15.8. The van der Waals surface area contributed by atoms with Crippen molar-refractivity contribution >= 4 is 0 Å². The topological polar surface area (TPSA) is 142 Å². The molecule has 0 saturated heterocycles. The molecule has 0 spiro atoms. The zero-order chi connectivity index (χ0) is 25.3. The minimum Gasteiger partial charge on any atom is -0.393 e. The van der Waals surface area contributed by atoms with E-state index >= 15 is 0 Å². The van der Waals surface area contributed by atoms with Crippen molar-refractivity contribution < 1.29 is 35.7 Å². The van der Waals surface area contributed by atoms with E-state index in [1.165, 1.54) is 0 Å². The van der Waals surface area contributed by atoms with E-state index in [1.807, 2.05) is 26.8 Å². The summed E-state index contributed by atoms with van der Waals surface area (Å²) < 4.78 is 0. The zero-order valence-corrected chi connectivity index (χ0v) is 21.2. The Morgan fingerprint density at radius 3 is 2.35 bits per heavy atom. The predicted molar refractivity (Wildman–Crippen MR) is 128 cm³/mol. The Labute approximate surface area is 203 Å². The molecule has 4 aliphatic carbocycles. The smallest absolute Gasteiger partial charge is 0.125 e. The Hall–Kier alpha value is -0.540. The first-order valence-corrected chi connectivity index (χ1v) is 13.2. The summed E-state index contributed by atoms with van der Waals surface area (Å²) in [5.41, 5.74) is -3.90. The molecule has 0 bridgehead atoms. The summed E-state index contributed by atoms with van der Waals surface area (Å²) in [7, 11) is 0. The van der Waals surface area contributed by atoms with Gasteiger partial charge in [0.05, 0.1) is 31.0 Å². The van der Waals surface area contributed by atoms with Crippen LogP contribution in [0.1, 0.15) is 79.1 Å². The fourth-order valence-corrected chi connectivity index (χ4v) is 9.28. The van der Waals surface area contributed by atoms with E-state index in [2.05, 4.69) is 6.92 Å². The number of aliphatic hydroxyl groups excluding tert-OH is 5. The van der Waals surface area contributed by atoms with Crippen LogP contribution in [0.5, 0.6) is 0 Å². The van der Waals surface area contributed by atoms with Gasteiger partial charge in [0, 0.05) is 17.8 Å². The van der Waals surface area contributed by atoms with Crippen molar-refractivity contribution in [3.8, 4) is 0 Å². The van der Waals surface area contributed by atoms with Crippen molar-refractivity contribution in [2.24, 2.45) is 34.5 Å². The third-order valence-corrected chi connectivity index (χ3v) is 11.1. The maximum absolute atomic E-state index is 12.3. The van der Waals surface area contributed by atoms with Crippen LogP contribution in [0.4, 0.5) is 0 Å². The lowest BCUT2D eigenvalue weighted by molar-refractivity contribution is -0.337. The molecule has 0 aromatic carbocycles. The molecular weight excluding hydrogens is 436 g/mol. The minimum absolute atomic E-state index is 0.00162. The van der Waals surface area contributed by atoms with Gasteiger partial charge < -0.3 is 35.7 Å². The Kier molecular flexibility index (Phi) is 6.86. The molecule has 0 radical (unpaired) electrons. The van der Waals surface area contributed by atoms with E-state index < -0.39 is 58.3 Å². The van der Waals surface area contributed by atoms with Crippen LogP contribution in [-0.4, -0.2) is 78.0 Å². The summed E-state index contributed by atoms with van der Waals surface area (Å²) in [4.78, 5) is 0. The second-order valence-corrected chi connectivity index (χ2v) is 12.7. The molecule has 12 unspecified atom stereocenters. The molecule has 4 saturated carbocycles. The molecule has 196 valence electrons. The highest BCUT2D eigenvalue weighted by Crippen LogP contribution is 2.71. The predicted octanol–water partition coefficient (Wildman–Crippen LogP) is 1.50. The van der Waals surface area contributed by atoms with Crippen LogP contribution in [0, 0.1) is 34.5 Å². The SMILES string of the molecule is CC(=CCCC(C)C1CC(O)C2(O)C1(C)CCC1C3(C)CCC(O)C(O)C3C(O)CC12O)CO. The third kappa shape index (κ3) is 3.41. The average Bonchev–Trinajstić information content (AvgIpc) is 2.98. The summed E-state index contributed by atoms with van der Waals surface area (Å²) in [5, 5.41) is 77.5.